The molecule has 2 rings (SSSR count). The molecule has 3 nitrogen and oxygen atoms in total. The highest BCUT2D eigenvalue weighted by molar-refractivity contribution is 5.81. The summed E-state index contributed by atoms with van der Waals surface area (Å²) in [5.41, 5.74) is 5.64. The lowest BCUT2D eigenvalue weighted by atomic mass is 9.95. The van der Waals surface area contributed by atoms with E-state index in [1.54, 1.807) is 0 Å². The van der Waals surface area contributed by atoms with Gasteiger partial charge < -0.3 is 5.73 Å². The van der Waals surface area contributed by atoms with Gasteiger partial charge in [0.15, 0.2) is 0 Å². The standard InChI is InChI=1S/C9H17N3/c10-9-6-7-12(11-9)8-4-2-1-3-5-8/h8H,1-7H2,(H2,10,11). The van der Waals surface area contributed by atoms with Crippen LogP contribution in [0.5, 0.6) is 0 Å². The molecule has 1 aliphatic carbocycles. The fourth-order valence-electron chi connectivity index (χ4n) is 2.14. The Balaban J connectivity index is 1.91. The molecule has 0 radical (unpaired) electrons. The summed E-state index contributed by atoms with van der Waals surface area (Å²) in [6.07, 6.45) is 7.75. The van der Waals surface area contributed by atoms with Crippen LogP contribution in [0.3, 0.4) is 0 Å². The molecule has 0 unspecified atom stereocenters. The van der Waals surface area contributed by atoms with Crippen LogP contribution in [0.2, 0.25) is 0 Å². The monoisotopic (exact) mass is 167 g/mol. The van der Waals surface area contributed by atoms with Crippen LogP contribution in [0.4, 0.5) is 0 Å². The average Bonchev–Trinajstić information content (AvgIpc) is 2.54. The molecule has 0 amide bonds. The molecular formula is C9H17N3. The van der Waals surface area contributed by atoms with Crippen LogP contribution in [0.15, 0.2) is 5.10 Å². The van der Waals surface area contributed by atoms with E-state index < -0.39 is 0 Å². The Bertz CT molecular complexity index is 182. The molecule has 1 saturated carbocycles. The molecule has 1 fully saturated rings. The Hall–Kier alpha value is -0.730. The first-order valence-corrected chi connectivity index (χ1v) is 4.96. The fraction of sp³-hybridized carbons (Fsp3) is 0.889. The van der Waals surface area contributed by atoms with E-state index in [-0.39, 0.29) is 0 Å². The quantitative estimate of drug-likeness (QED) is 0.639. The number of hydrazone groups is 1. The second-order valence-electron chi connectivity index (χ2n) is 3.80. The van der Waals surface area contributed by atoms with E-state index in [0.29, 0.717) is 6.04 Å². The van der Waals surface area contributed by atoms with E-state index in [0.717, 1.165) is 18.8 Å². The minimum atomic E-state index is 0.694. The zero-order valence-electron chi connectivity index (χ0n) is 7.50. The molecule has 2 aliphatic rings. The maximum absolute atomic E-state index is 5.64. The summed E-state index contributed by atoms with van der Waals surface area (Å²) in [6.45, 7) is 1.05. The summed E-state index contributed by atoms with van der Waals surface area (Å²) in [5.74, 6) is 0.820. The SMILES string of the molecule is NC1=NN(C2CCCCC2)CC1. The molecule has 0 aromatic rings. The van der Waals surface area contributed by atoms with Gasteiger partial charge in [-0.1, -0.05) is 19.3 Å². The van der Waals surface area contributed by atoms with E-state index in [1.165, 1.54) is 32.1 Å². The molecule has 0 atom stereocenters. The van der Waals surface area contributed by atoms with Crippen LogP contribution in [0.1, 0.15) is 38.5 Å². The van der Waals surface area contributed by atoms with Crippen molar-refractivity contribution in [2.45, 2.75) is 44.6 Å². The van der Waals surface area contributed by atoms with Crippen LogP contribution >= 0.6 is 0 Å². The van der Waals surface area contributed by atoms with Crippen LogP contribution in [-0.4, -0.2) is 23.4 Å². The Labute approximate surface area is 73.6 Å². The number of nitrogens with two attached hydrogens (primary N) is 1. The normalized spacial score (nSPS) is 26.0. The van der Waals surface area contributed by atoms with E-state index >= 15 is 0 Å². The highest BCUT2D eigenvalue weighted by Gasteiger charge is 2.22. The maximum atomic E-state index is 5.64. The Morgan fingerprint density at radius 1 is 1.25 bits per heavy atom. The molecule has 2 N–H and O–H groups in total. The van der Waals surface area contributed by atoms with Crippen molar-refractivity contribution in [2.75, 3.05) is 6.54 Å². The molecule has 0 aromatic carbocycles. The first-order valence-electron chi connectivity index (χ1n) is 4.96. The van der Waals surface area contributed by atoms with Crippen molar-refractivity contribution in [1.29, 1.82) is 0 Å². The predicted octanol–water partition coefficient (Wildman–Crippen LogP) is 1.30. The first kappa shape index (κ1) is 7.90. The van der Waals surface area contributed by atoms with E-state index in [9.17, 15) is 0 Å². The van der Waals surface area contributed by atoms with E-state index in [4.69, 9.17) is 5.73 Å². The number of hydrogen-bond donors (Lipinski definition) is 1. The number of hydrogen-bond acceptors (Lipinski definition) is 3. The molecule has 0 saturated heterocycles. The zero-order valence-corrected chi connectivity index (χ0v) is 7.50. The molecule has 0 bridgehead atoms. The molecular weight excluding hydrogens is 150 g/mol. The van der Waals surface area contributed by atoms with Gasteiger partial charge in [-0.3, -0.25) is 5.01 Å². The molecule has 3 heteroatoms. The number of amidine groups is 1. The van der Waals surface area contributed by atoms with Gasteiger partial charge in [0, 0.05) is 19.0 Å². The summed E-state index contributed by atoms with van der Waals surface area (Å²) in [5, 5.41) is 6.54. The van der Waals surface area contributed by atoms with E-state index in [2.05, 4.69) is 10.1 Å². The summed E-state index contributed by atoms with van der Waals surface area (Å²) in [4.78, 5) is 0. The van der Waals surface area contributed by atoms with Gasteiger partial charge >= 0.3 is 0 Å². The highest BCUT2D eigenvalue weighted by atomic mass is 15.5. The van der Waals surface area contributed by atoms with Gasteiger partial charge in [0.1, 0.15) is 5.84 Å². The number of rotatable bonds is 1. The van der Waals surface area contributed by atoms with Crippen LogP contribution in [0, 0.1) is 0 Å². The lowest BCUT2D eigenvalue weighted by Crippen LogP contribution is -2.30. The summed E-state index contributed by atoms with van der Waals surface area (Å²) >= 11 is 0. The molecule has 1 heterocycles. The predicted molar refractivity (Wildman–Crippen MR) is 49.8 cm³/mol. The van der Waals surface area contributed by atoms with Gasteiger partial charge in [-0.15, -0.1) is 0 Å². The van der Waals surface area contributed by atoms with Crippen LogP contribution in [-0.2, 0) is 0 Å². The Morgan fingerprint density at radius 2 is 2.00 bits per heavy atom. The molecule has 68 valence electrons. The van der Waals surface area contributed by atoms with Gasteiger partial charge in [-0.25, -0.2) is 0 Å². The largest absolute Gasteiger partial charge is 0.386 e. The van der Waals surface area contributed by atoms with Gasteiger partial charge in [0.05, 0.1) is 0 Å². The van der Waals surface area contributed by atoms with E-state index in [1.807, 2.05) is 0 Å². The van der Waals surface area contributed by atoms with Gasteiger partial charge in [-0.2, -0.15) is 5.10 Å². The number of nitrogens with zero attached hydrogens (tertiary/aromatic N) is 2. The van der Waals surface area contributed by atoms with Gasteiger partial charge in [-0.05, 0) is 12.8 Å². The second kappa shape index (κ2) is 3.33. The first-order chi connectivity index (χ1) is 5.86. The highest BCUT2D eigenvalue weighted by Crippen LogP contribution is 2.24. The third-order valence-electron chi connectivity index (χ3n) is 2.85. The van der Waals surface area contributed by atoms with Crippen molar-refractivity contribution < 1.29 is 0 Å². The zero-order chi connectivity index (χ0) is 8.39. The van der Waals surface area contributed by atoms with Crippen LogP contribution in [0.25, 0.3) is 0 Å². The van der Waals surface area contributed by atoms with Crippen molar-refractivity contribution in [3.8, 4) is 0 Å². The smallest absolute Gasteiger partial charge is 0.121 e. The average molecular weight is 167 g/mol. The third kappa shape index (κ3) is 1.54. The third-order valence-corrected chi connectivity index (χ3v) is 2.85. The topological polar surface area (TPSA) is 41.6 Å². The Kier molecular flexibility index (Phi) is 2.19. The van der Waals surface area contributed by atoms with Crippen molar-refractivity contribution in [3.05, 3.63) is 0 Å². The van der Waals surface area contributed by atoms with Crippen molar-refractivity contribution in [3.63, 3.8) is 0 Å². The summed E-state index contributed by atoms with van der Waals surface area (Å²) in [6, 6.07) is 0.694. The van der Waals surface area contributed by atoms with Crippen molar-refractivity contribution in [2.24, 2.45) is 10.8 Å². The van der Waals surface area contributed by atoms with Crippen LogP contribution < -0.4 is 5.73 Å². The molecule has 0 spiro atoms. The second-order valence-corrected chi connectivity index (χ2v) is 3.80. The lowest BCUT2D eigenvalue weighted by molar-refractivity contribution is 0.178. The minimum Gasteiger partial charge on any atom is -0.386 e. The van der Waals surface area contributed by atoms with Crippen molar-refractivity contribution in [1.82, 2.24) is 5.01 Å². The van der Waals surface area contributed by atoms with Crippen molar-refractivity contribution >= 4 is 5.84 Å². The summed E-state index contributed by atoms with van der Waals surface area (Å²) in [7, 11) is 0. The van der Waals surface area contributed by atoms with Gasteiger partial charge in [0.2, 0.25) is 0 Å². The molecule has 1 aliphatic heterocycles. The maximum Gasteiger partial charge on any atom is 0.121 e. The summed E-state index contributed by atoms with van der Waals surface area (Å²) < 4.78 is 0. The fourth-order valence-corrected chi connectivity index (χ4v) is 2.14. The Morgan fingerprint density at radius 3 is 2.58 bits per heavy atom. The molecule has 0 aromatic heterocycles. The lowest BCUT2D eigenvalue weighted by Gasteiger charge is -2.29. The minimum absolute atomic E-state index is 0.694. The molecule has 12 heavy (non-hydrogen) atoms. The van der Waals surface area contributed by atoms with Gasteiger partial charge in [0.25, 0.3) is 0 Å².